The van der Waals surface area contributed by atoms with Gasteiger partial charge in [-0.25, -0.2) is 4.98 Å². The van der Waals surface area contributed by atoms with Gasteiger partial charge < -0.3 is 14.4 Å². The number of imidazole rings is 1. The van der Waals surface area contributed by atoms with E-state index in [0.717, 1.165) is 42.7 Å². The second-order valence-corrected chi connectivity index (χ2v) is 6.89. The second kappa shape index (κ2) is 5.34. The first kappa shape index (κ1) is 14.4. The highest BCUT2D eigenvalue weighted by Crippen LogP contribution is 2.42. The van der Waals surface area contributed by atoms with Crippen molar-refractivity contribution in [3.05, 3.63) is 24.5 Å². The summed E-state index contributed by atoms with van der Waals surface area (Å²) in [6.07, 6.45) is 4.53. The molecule has 4 nitrogen and oxygen atoms in total. The van der Waals surface area contributed by atoms with Crippen LogP contribution in [0.2, 0.25) is 0 Å². The van der Waals surface area contributed by atoms with Gasteiger partial charge in [-0.3, -0.25) is 0 Å². The molecular formula is C17H24N2O2. The summed E-state index contributed by atoms with van der Waals surface area (Å²) >= 11 is 0. The van der Waals surface area contributed by atoms with E-state index >= 15 is 0 Å². The molecule has 0 unspecified atom stereocenters. The summed E-state index contributed by atoms with van der Waals surface area (Å²) in [5.74, 6) is 1.54. The van der Waals surface area contributed by atoms with Crippen molar-refractivity contribution in [1.82, 2.24) is 9.55 Å². The molecule has 0 amide bonds. The first-order valence-corrected chi connectivity index (χ1v) is 7.76. The third-order valence-electron chi connectivity index (χ3n) is 4.25. The van der Waals surface area contributed by atoms with E-state index in [1.807, 2.05) is 25.4 Å². The highest BCUT2D eigenvalue weighted by atomic mass is 16.5. The SMILES string of the molecule is CC(C)CCOc1ccc2c(c1)ncn2[C@H]1C[C@](C)(O)C1. The lowest BCUT2D eigenvalue weighted by atomic mass is 9.77. The Labute approximate surface area is 125 Å². The monoisotopic (exact) mass is 288 g/mol. The lowest BCUT2D eigenvalue weighted by molar-refractivity contribution is -0.0498. The van der Waals surface area contributed by atoms with Gasteiger partial charge in [-0.05, 0) is 44.2 Å². The molecule has 1 aromatic heterocycles. The number of aliphatic hydroxyl groups is 1. The van der Waals surface area contributed by atoms with Gasteiger partial charge in [0.15, 0.2) is 0 Å². The van der Waals surface area contributed by atoms with E-state index in [9.17, 15) is 5.11 Å². The lowest BCUT2D eigenvalue weighted by Crippen LogP contribution is -2.41. The number of ether oxygens (including phenoxy) is 1. The highest BCUT2D eigenvalue weighted by molar-refractivity contribution is 5.77. The molecule has 0 bridgehead atoms. The van der Waals surface area contributed by atoms with Crippen LogP contribution in [0, 0.1) is 5.92 Å². The molecule has 1 aromatic carbocycles. The molecule has 2 aromatic rings. The van der Waals surface area contributed by atoms with Crippen LogP contribution in [-0.4, -0.2) is 26.9 Å². The third kappa shape index (κ3) is 3.05. The molecule has 0 spiro atoms. The minimum atomic E-state index is -0.513. The fourth-order valence-electron chi connectivity index (χ4n) is 2.96. The quantitative estimate of drug-likeness (QED) is 0.915. The predicted molar refractivity (Wildman–Crippen MR) is 83.6 cm³/mol. The molecule has 0 radical (unpaired) electrons. The van der Waals surface area contributed by atoms with Gasteiger partial charge in [0.05, 0.1) is 29.6 Å². The number of nitrogens with zero attached hydrogens (tertiary/aromatic N) is 2. The van der Waals surface area contributed by atoms with Crippen LogP contribution in [0.4, 0.5) is 0 Å². The maximum atomic E-state index is 9.89. The molecule has 0 aliphatic heterocycles. The minimum Gasteiger partial charge on any atom is -0.494 e. The van der Waals surface area contributed by atoms with Crippen LogP contribution in [0.5, 0.6) is 5.75 Å². The van der Waals surface area contributed by atoms with Gasteiger partial charge in [0.1, 0.15) is 5.75 Å². The summed E-state index contributed by atoms with van der Waals surface area (Å²) in [5, 5.41) is 9.89. The molecule has 0 atom stereocenters. The van der Waals surface area contributed by atoms with Gasteiger partial charge in [-0.15, -0.1) is 0 Å². The molecule has 1 fully saturated rings. The molecule has 1 aliphatic carbocycles. The van der Waals surface area contributed by atoms with Crippen LogP contribution in [-0.2, 0) is 0 Å². The average Bonchev–Trinajstić information content (AvgIpc) is 2.78. The van der Waals surface area contributed by atoms with E-state index in [1.165, 1.54) is 0 Å². The molecule has 0 saturated heterocycles. The number of fused-ring (bicyclic) bond motifs is 1. The van der Waals surface area contributed by atoms with E-state index < -0.39 is 5.60 Å². The zero-order valence-corrected chi connectivity index (χ0v) is 13.0. The van der Waals surface area contributed by atoms with Gasteiger partial charge in [0.2, 0.25) is 0 Å². The summed E-state index contributed by atoms with van der Waals surface area (Å²) in [6.45, 7) is 7.03. The Kier molecular flexibility index (Phi) is 3.66. The molecule has 4 heteroatoms. The first-order chi connectivity index (χ1) is 9.94. The van der Waals surface area contributed by atoms with Crippen LogP contribution >= 0.6 is 0 Å². The Bertz CT molecular complexity index is 623. The Morgan fingerprint density at radius 1 is 1.43 bits per heavy atom. The van der Waals surface area contributed by atoms with Crippen molar-refractivity contribution in [2.45, 2.75) is 51.7 Å². The average molecular weight is 288 g/mol. The Morgan fingerprint density at radius 3 is 2.86 bits per heavy atom. The standard InChI is InChI=1S/C17H24N2O2/c1-12(2)6-7-21-14-4-5-16-15(8-14)18-11-19(16)13-9-17(3,20)10-13/h4-5,8,11-13,20H,6-7,9-10H2,1-3H3/t13-,17-. The molecule has 21 heavy (non-hydrogen) atoms. The maximum absolute atomic E-state index is 9.89. The summed E-state index contributed by atoms with van der Waals surface area (Å²) in [6, 6.07) is 6.44. The zero-order valence-electron chi connectivity index (χ0n) is 13.0. The van der Waals surface area contributed by atoms with Crippen LogP contribution in [0.15, 0.2) is 24.5 Å². The van der Waals surface area contributed by atoms with Crippen LogP contribution in [0.1, 0.15) is 46.1 Å². The van der Waals surface area contributed by atoms with Crippen LogP contribution in [0.25, 0.3) is 11.0 Å². The highest BCUT2D eigenvalue weighted by Gasteiger charge is 2.39. The van der Waals surface area contributed by atoms with Crippen molar-refractivity contribution in [1.29, 1.82) is 0 Å². The number of aromatic nitrogens is 2. The zero-order chi connectivity index (χ0) is 15.0. The minimum absolute atomic E-state index is 0.359. The fourth-order valence-corrected chi connectivity index (χ4v) is 2.96. The Morgan fingerprint density at radius 2 is 2.19 bits per heavy atom. The van der Waals surface area contributed by atoms with E-state index in [0.29, 0.717) is 12.0 Å². The first-order valence-electron chi connectivity index (χ1n) is 7.76. The molecule has 114 valence electrons. The molecule has 3 rings (SSSR count). The Hall–Kier alpha value is -1.55. The van der Waals surface area contributed by atoms with E-state index in [-0.39, 0.29) is 0 Å². The molecule has 1 N–H and O–H groups in total. The topological polar surface area (TPSA) is 47.3 Å². The normalized spacial score (nSPS) is 25.3. The van der Waals surface area contributed by atoms with E-state index in [4.69, 9.17) is 4.74 Å². The number of hydrogen-bond acceptors (Lipinski definition) is 3. The largest absolute Gasteiger partial charge is 0.494 e. The molecule has 1 saturated carbocycles. The summed E-state index contributed by atoms with van der Waals surface area (Å²) in [7, 11) is 0. The van der Waals surface area contributed by atoms with Gasteiger partial charge in [-0.2, -0.15) is 0 Å². The number of benzene rings is 1. The van der Waals surface area contributed by atoms with Crippen molar-refractivity contribution >= 4 is 11.0 Å². The molecule has 1 heterocycles. The van der Waals surface area contributed by atoms with Gasteiger partial charge in [0.25, 0.3) is 0 Å². The smallest absolute Gasteiger partial charge is 0.121 e. The summed E-state index contributed by atoms with van der Waals surface area (Å²) in [5.41, 5.74) is 1.57. The van der Waals surface area contributed by atoms with Crippen LogP contribution in [0.3, 0.4) is 0 Å². The fraction of sp³-hybridized carbons (Fsp3) is 0.588. The maximum Gasteiger partial charge on any atom is 0.121 e. The van der Waals surface area contributed by atoms with Crippen molar-refractivity contribution in [2.24, 2.45) is 5.92 Å². The van der Waals surface area contributed by atoms with E-state index in [2.05, 4.69) is 29.5 Å². The molecular weight excluding hydrogens is 264 g/mol. The van der Waals surface area contributed by atoms with Crippen molar-refractivity contribution in [3.63, 3.8) is 0 Å². The van der Waals surface area contributed by atoms with E-state index in [1.54, 1.807) is 0 Å². The Balaban J connectivity index is 1.72. The number of hydrogen-bond donors (Lipinski definition) is 1. The lowest BCUT2D eigenvalue weighted by Gasteiger charge is -2.41. The molecule has 1 aliphatic rings. The van der Waals surface area contributed by atoms with Gasteiger partial charge in [0, 0.05) is 12.1 Å². The second-order valence-electron chi connectivity index (χ2n) is 6.89. The number of rotatable bonds is 5. The summed E-state index contributed by atoms with van der Waals surface area (Å²) in [4.78, 5) is 4.47. The van der Waals surface area contributed by atoms with Gasteiger partial charge in [-0.1, -0.05) is 13.8 Å². The van der Waals surface area contributed by atoms with Crippen LogP contribution < -0.4 is 4.74 Å². The third-order valence-corrected chi connectivity index (χ3v) is 4.25. The van der Waals surface area contributed by atoms with Gasteiger partial charge >= 0.3 is 0 Å². The predicted octanol–water partition coefficient (Wildman–Crippen LogP) is 3.55. The van der Waals surface area contributed by atoms with Crippen molar-refractivity contribution in [2.75, 3.05) is 6.61 Å². The van der Waals surface area contributed by atoms with Crippen molar-refractivity contribution < 1.29 is 9.84 Å². The van der Waals surface area contributed by atoms with Crippen molar-refractivity contribution in [3.8, 4) is 5.75 Å². The summed E-state index contributed by atoms with van der Waals surface area (Å²) < 4.78 is 7.95.